The van der Waals surface area contributed by atoms with Crippen LogP contribution in [0.25, 0.3) is 11.0 Å². The lowest BCUT2D eigenvalue weighted by Crippen LogP contribution is -2.36. The van der Waals surface area contributed by atoms with Crippen molar-refractivity contribution < 1.29 is 5.11 Å². The van der Waals surface area contributed by atoms with Crippen LogP contribution in [0.5, 0.6) is 0 Å². The highest BCUT2D eigenvalue weighted by molar-refractivity contribution is 5.75. The SMILES string of the molecule is OC(CNCc1ccc2cc[nH]c2n1)CN1CCCC1. The van der Waals surface area contributed by atoms with Crippen molar-refractivity contribution in [1.82, 2.24) is 20.2 Å². The molecule has 0 radical (unpaired) electrons. The predicted molar refractivity (Wildman–Crippen MR) is 79.5 cm³/mol. The van der Waals surface area contributed by atoms with Gasteiger partial charge in [0.1, 0.15) is 5.65 Å². The molecule has 5 heteroatoms. The molecule has 3 N–H and O–H groups in total. The Balaban J connectivity index is 1.44. The Morgan fingerprint density at radius 2 is 2.15 bits per heavy atom. The molecule has 3 heterocycles. The largest absolute Gasteiger partial charge is 0.390 e. The third-order valence-electron chi connectivity index (χ3n) is 3.82. The monoisotopic (exact) mass is 274 g/mol. The fourth-order valence-electron chi connectivity index (χ4n) is 2.76. The van der Waals surface area contributed by atoms with E-state index in [2.05, 4.69) is 26.3 Å². The molecule has 2 aromatic rings. The second kappa shape index (κ2) is 6.35. The number of aromatic nitrogens is 2. The zero-order valence-corrected chi connectivity index (χ0v) is 11.7. The molecule has 1 aliphatic heterocycles. The maximum Gasteiger partial charge on any atom is 0.137 e. The van der Waals surface area contributed by atoms with Gasteiger partial charge in [-0.3, -0.25) is 0 Å². The van der Waals surface area contributed by atoms with Gasteiger partial charge >= 0.3 is 0 Å². The van der Waals surface area contributed by atoms with Crippen LogP contribution in [0, 0.1) is 0 Å². The van der Waals surface area contributed by atoms with Gasteiger partial charge in [-0.1, -0.05) is 0 Å². The average Bonchev–Trinajstić information content (AvgIpc) is 3.09. The van der Waals surface area contributed by atoms with Gasteiger partial charge in [0.05, 0.1) is 11.8 Å². The Kier molecular flexibility index (Phi) is 4.30. The number of H-pyrrole nitrogens is 1. The molecule has 1 unspecified atom stereocenters. The molecule has 1 saturated heterocycles. The first-order valence-corrected chi connectivity index (χ1v) is 7.35. The van der Waals surface area contributed by atoms with Crippen LogP contribution in [0.4, 0.5) is 0 Å². The molecule has 0 spiro atoms. The van der Waals surface area contributed by atoms with Crippen molar-refractivity contribution in [3.8, 4) is 0 Å². The normalized spacial score (nSPS) is 17.9. The number of pyridine rings is 1. The second-order valence-electron chi connectivity index (χ2n) is 5.51. The first-order valence-electron chi connectivity index (χ1n) is 7.35. The van der Waals surface area contributed by atoms with Gasteiger partial charge in [0.2, 0.25) is 0 Å². The van der Waals surface area contributed by atoms with Crippen LogP contribution in [0.15, 0.2) is 24.4 Å². The molecule has 5 nitrogen and oxygen atoms in total. The minimum Gasteiger partial charge on any atom is -0.390 e. The molecule has 20 heavy (non-hydrogen) atoms. The van der Waals surface area contributed by atoms with Crippen molar-refractivity contribution in [3.63, 3.8) is 0 Å². The van der Waals surface area contributed by atoms with E-state index in [1.54, 1.807) is 0 Å². The van der Waals surface area contributed by atoms with E-state index in [0.717, 1.165) is 36.4 Å². The van der Waals surface area contributed by atoms with Gasteiger partial charge in [-0.2, -0.15) is 0 Å². The smallest absolute Gasteiger partial charge is 0.137 e. The van der Waals surface area contributed by atoms with Crippen molar-refractivity contribution in [3.05, 3.63) is 30.1 Å². The second-order valence-corrected chi connectivity index (χ2v) is 5.51. The van der Waals surface area contributed by atoms with Gasteiger partial charge in [0.25, 0.3) is 0 Å². The average molecular weight is 274 g/mol. The van der Waals surface area contributed by atoms with Gasteiger partial charge < -0.3 is 20.3 Å². The quantitative estimate of drug-likeness (QED) is 0.738. The van der Waals surface area contributed by atoms with Gasteiger partial charge in [0, 0.05) is 31.2 Å². The summed E-state index contributed by atoms with van der Waals surface area (Å²) in [5, 5.41) is 14.4. The number of aromatic amines is 1. The van der Waals surface area contributed by atoms with E-state index >= 15 is 0 Å². The lowest BCUT2D eigenvalue weighted by atomic mass is 10.3. The van der Waals surface area contributed by atoms with Crippen molar-refractivity contribution >= 4 is 11.0 Å². The summed E-state index contributed by atoms with van der Waals surface area (Å²) in [5.74, 6) is 0. The van der Waals surface area contributed by atoms with Crippen molar-refractivity contribution in [1.29, 1.82) is 0 Å². The number of aliphatic hydroxyl groups excluding tert-OH is 1. The van der Waals surface area contributed by atoms with Crippen LogP contribution in [0.2, 0.25) is 0 Å². The molecule has 1 atom stereocenters. The first kappa shape index (κ1) is 13.5. The van der Waals surface area contributed by atoms with Crippen molar-refractivity contribution in [2.45, 2.75) is 25.5 Å². The van der Waals surface area contributed by atoms with Gasteiger partial charge in [-0.05, 0) is 44.1 Å². The minimum absolute atomic E-state index is 0.303. The highest BCUT2D eigenvalue weighted by Gasteiger charge is 2.15. The maximum absolute atomic E-state index is 10.00. The Morgan fingerprint density at radius 3 is 3.00 bits per heavy atom. The highest BCUT2D eigenvalue weighted by atomic mass is 16.3. The number of aliphatic hydroxyl groups is 1. The van der Waals surface area contributed by atoms with Crippen LogP contribution in [0.3, 0.4) is 0 Å². The third kappa shape index (κ3) is 3.36. The first-order chi connectivity index (χ1) is 9.81. The topological polar surface area (TPSA) is 64.2 Å². The maximum atomic E-state index is 10.00. The summed E-state index contributed by atoms with van der Waals surface area (Å²) in [5.41, 5.74) is 1.91. The van der Waals surface area contributed by atoms with E-state index in [9.17, 15) is 5.11 Å². The molecule has 0 bridgehead atoms. The molecule has 1 fully saturated rings. The van der Waals surface area contributed by atoms with E-state index in [4.69, 9.17) is 0 Å². The molecule has 0 amide bonds. The molecule has 3 rings (SSSR count). The molecule has 0 saturated carbocycles. The molecule has 0 aliphatic carbocycles. The number of hydrogen-bond acceptors (Lipinski definition) is 4. The van der Waals surface area contributed by atoms with Crippen LogP contribution in [-0.2, 0) is 6.54 Å². The lowest BCUT2D eigenvalue weighted by Gasteiger charge is -2.19. The Morgan fingerprint density at radius 1 is 1.30 bits per heavy atom. The van der Waals surface area contributed by atoms with E-state index in [1.165, 1.54) is 12.8 Å². The Bertz CT molecular complexity index is 548. The number of fused-ring (bicyclic) bond motifs is 1. The van der Waals surface area contributed by atoms with E-state index in [0.29, 0.717) is 13.1 Å². The standard InChI is InChI=1S/C15H22N4O/c20-14(11-19-7-1-2-8-19)10-16-9-13-4-3-12-5-6-17-15(12)18-13/h3-6,14,16,20H,1-2,7-11H2,(H,17,18). The van der Waals surface area contributed by atoms with Gasteiger partial charge in [0.15, 0.2) is 0 Å². The van der Waals surface area contributed by atoms with Crippen LogP contribution in [-0.4, -0.2) is 52.3 Å². The van der Waals surface area contributed by atoms with E-state index in [1.807, 2.05) is 18.3 Å². The van der Waals surface area contributed by atoms with Crippen LogP contribution >= 0.6 is 0 Å². The van der Waals surface area contributed by atoms with Crippen LogP contribution < -0.4 is 5.32 Å². The summed E-state index contributed by atoms with van der Waals surface area (Å²) in [7, 11) is 0. The van der Waals surface area contributed by atoms with E-state index in [-0.39, 0.29) is 6.10 Å². The summed E-state index contributed by atoms with van der Waals surface area (Å²) in [6.07, 6.45) is 4.12. The fraction of sp³-hybridized carbons (Fsp3) is 0.533. The summed E-state index contributed by atoms with van der Waals surface area (Å²) in [4.78, 5) is 9.97. The van der Waals surface area contributed by atoms with Crippen molar-refractivity contribution in [2.75, 3.05) is 26.2 Å². The summed E-state index contributed by atoms with van der Waals surface area (Å²) in [6, 6.07) is 6.10. The summed E-state index contributed by atoms with van der Waals surface area (Å²) < 4.78 is 0. The third-order valence-corrected chi connectivity index (χ3v) is 3.82. The highest BCUT2D eigenvalue weighted by Crippen LogP contribution is 2.10. The number of β-amino-alcohol motifs (C(OH)–C–C–N with tert-alkyl or cyclic N) is 1. The molecule has 1 aliphatic rings. The fourth-order valence-corrected chi connectivity index (χ4v) is 2.76. The summed E-state index contributed by atoms with van der Waals surface area (Å²) >= 11 is 0. The van der Waals surface area contributed by atoms with Crippen LogP contribution in [0.1, 0.15) is 18.5 Å². The molecule has 2 aromatic heterocycles. The molecule has 108 valence electrons. The number of likely N-dealkylation sites (tertiary alicyclic amines) is 1. The predicted octanol–water partition coefficient (Wildman–Crippen LogP) is 1.11. The number of nitrogens with one attached hydrogen (secondary N) is 2. The molecular weight excluding hydrogens is 252 g/mol. The van der Waals surface area contributed by atoms with Gasteiger partial charge in [-0.25, -0.2) is 4.98 Å². The number of rotatable bonds is 6. The van der Waals surface area contributed by atoms with Gasteiger partial charge in [-0.15, -0.1) is 0 Å². The molecule has 0 aromatic carbocycles. The molecular formula is C15H22N4O. The minimum atomic E-state index is -0.303. The number of hydrogen-bond donors (Lipinski definition) is 3. The zero-order valence-electron chi connectivity index (χ0n) is 11.7. The van der Waals surface area contributed by atoms with Crippen molar-refractivity contribution in [2.24, 2.45) is 0 Å². The summed E-state index contributed by atoms with van der Waals surface area (Å²) in [6.45, 7) is 4.33. The lowest BCUT2D eigenvalue weighted by molar-refractivity contribution is 0.123. The Labute approximate surface area is 119 Å². The van der Waals surface area contributed by atoms with E-state index < -0.39 is 0 Å². The Hall–Kier alpha value is -1.43. The zero-order chi connectivity index (χ0) is 13.8. The number of nitrogens with zero attached hydrogens (tertiary/aromatic N) is 2.